The quantitative estimate of drug-likeness (QED) is 0.801. The molecule has 0 aromatic carbocycles. The Hall–Kier alpha value is -1.30. The molecule has 4 nitrogen and oxygen atoms in total. The lowest BCUT2D eigenvalue weighted by molar-refractivity contribution is -0.0389. The Morgan fingerprint density at radius 1 is 1.22 bits per heavy atom. The molecule has 3 rings (SSSR count). The van der Waals surface area contributed by atoms with Crippen LogP contribution in [-0.2, 0) is 0 Å². The lowest BCUT2D eigenvalue weighted by Gasteiger charge is -2.26. The molecule has 7 heteroatoms. The van der Waals surface area contributed by atoms with Crippen LogP contribution in [0.1, 0.15) is 37.4 Å². The summed E-state index contributed by atoms with van der Waals surface area (Å²) in [6, 6.07) is 3.34. The monoisotopic (exact) mass is 272 g/mol. The molecule has 0 aliphatic heterocycles. The molecule has 2 aromatic heterocycles. The molecule has 18 heavy (non-hydrogen) atoms. The second-order valence-electron chi connectivity index (χ2n) is 4.61. The first kappa shape index (κ1) is 11.8. The van der Waals surface area contributed by atoms with Gasteiger partial charge >= 0.3 is 0 Å². The molecule has 0 saturated heterocycles. The van der Waals surface area contributed by atoms with Crippen molar-refractivity contribution in [1.29, 1.82) is 0 Å². The minimum absolute atomic E-state index is 0.0226. The smallest absolute Gasteiger partial charge is 0.207 e. The lowest BCUT2D eigenvalue weighted by atomic mass is 9.86. The molecule has 0 N–H and O–H groups in total. The molecule has 0 radical (unpaired) electrons. The maximum absolute atomic E-state index is 13.1. The van der Waals surface area contributed by atoms with Crippen LogP contribution in [0.5, 0.6) is 0 Å². The fourth-order valence-corrected chi connectivity index (χ4v) is 2.47. The normalized spacial score (nSPS) is 20.4. The summed E-state index contributed by atoms with van der Waals surface area (Å²) < 4.78 is 27.8. The molecule has 2 aromatic rings. The fraction of sp³-hybridized carbons (Fsp3) is 0.545. The van der Waals surface area contributed by atoms with Gasteiger partial charge in [0.05, 0.1) is 0 Å². The van der Waals surface area contributed by atoms with Gasteiger partial charge in [0.2, 0.25) is 5.92 Å². The van der Waals surface area contributed by atoms with Gasteiger partial charge in [-0.25, -0.2) is 8.78 Å². The Balaban J connectivity index is 1.93. The van der Waals surface area contributed by atoms with Crippen molar-refractivity contribution in [2.24, 2.45) is 0 Å². The van der Waals surface area contributed by atoms with E-state index in [9.17, 15) is 8.78 Å². The minimum atomic E-state index is -2.54. The Morgan fingerprint density at radius 2 is 1.94 bits per heavy atom. The number of rotatable bonds is 1. The average Bonchev–Trinajstić information content (AvgIpc) is 2.72. The largest absolute Gasteiger partial charge is 0.248 e. The van der Waals surface area contributed by atoms with Gasteiger partial charge < -0.3 is 0 Å². The number of hydrogen-bond donors (Lipinski definition) is 0. The number of fused-ring (bicyclic) bond motifs is 1. The predicted octanol–water partition coefficient (Wildman–Crippen LogP) is 3.07. The average molecular weight is 273 g/mol. The van der Waals surface area contributed by atoms with Crippen LogP contribution < -0.4 is 0 Å². The molecule has 0 unspecified atom stereocenters. The number of hydrogen-bond acceptors (Lipinski definition) is 3. The van der Waals surface area contributed by atoms with Crippen molar-refractivity contribution in [3.8, 4) is 0 Å². The van der Waals surface area contributed by atoms with Gasteiger partial charge in [-0.3, -0.25) is 0 Å². The van der Waals surface area contributed by atoms with Gasteiger partial charge in [-0.1, -0.05) is 11.6 Å². The maximum Gasteiger partial charge on any atom is 0.248 e. The third-order valence-corrected chi connectivity index (χ3v) is 3.54. The van der Waals surface area contributed by atoms with Gasteiger partial charge in [-0.15, -0.1) is 10.2 Å². The van der Waals surface area contributed by atoms with Crippen molar-refractivity contribution in [3.63, 3.8) is 0 Å². The van der Waals surface area contributed by atoms with Crippen molar-refractivity contribution in [1.82, 2.24) is 19.8 Å². The molecule has 0 atom stereocenters. The van der Waals surface area contributed by atoms with Crippen LogP contribution in [0.25, 0.3) is 5.65 Å². The highest BCUT2D eigenvalue weighted by Crippen LogP contribution is 2.40. The van der Waals surface area contributed by atoms with E-state index in [1.807, 2.05) is 0 Å². The van der Waals surface area contributed by atoms with Crippen molar-refractivity contribution in [2.75, 3.05) is 0 Å². The first-order valence-corrected chi connectivity index (χ1v) is 6.19. The van der Waals surface area contributed by atoms with Crippen LogP contribution >= 0.6 is 11.6 Å². The van der Waals surface area contributed by atoms with E-state index in [0.29, 0.717) is 29.5 Å². The standard InChI is InChI=1S/C11H11ClF2N4/c12-8-1-2-9-15-16-10(18(9)17-8)7-3-5-11(13,14)6-4-7/h1-2,7H,3-6H2. The van der Waals surface area contributed by atoms with E-state index in [2.05, 4.69) is 15.3 Å². The fourth-order valence-electron chi connectivity index (χ4n) is 2.34. The second-order valence-corrected chi connectivity index (χ2v) is 5.00. The van der Waals surface area contributed by atoms with Gasteiger partial charge in [-0.2, -0.15) is 9.61 Å². The zero-order chi connectivity index (χ0) is 12.8. The second kappa shape index (κ2) is 4.12. The topological polar surface area (TPSA) is 43.1 Å². The maximum atomic E-state index is 13.1. The number of nitrogens with zero attached hydrogens (tertiary/aromatic N) is 4. The summed E-state index contributed by atoms with van der Waals surface area (Å²) in [5.74, 6) is -1.93. The van der Waals surface area contributed by atoms with Gasteiger partial charge in [0.25, 0.3) is 0 Å². The van der Waals surface area contributed by atoms with E-state index in [0.717, 1.165) is 0 Å². The predicted molar refractivity (Wildman–Crippen MR) is 61.9 cm³/mol. The van der Waals surface area contributed by atoms with Crippen LogP contribution in [0.3, 0.4) is 0 Å². The summed E-state index contributed by atoms with van der Waals surface area (Å²) in [4.78, 5) is 0. The molecule has 1 saturated carbocycles. The molecule has 0 spiro atoms. The van der Waals surface area contributed by atoms with E-state index in [-0.39, 0.29) is 18.8 Å². The van der Waals surface area contributed by atoms with Crippen LogP contribution in [0.4, 0.5) is 8.78 Å². The summed E-state index contributed by atoms with van der Waals surface area (Å²) in [6.07, 6.45) is 0.601. The zero-order valence-corrected chi connectivity index (χ0v) is 10.2. The van der Waals surface area contributed by atoms with Gasteiger partial charge in [-0.05, 0) is 25.0 Å². The molecular formula is C11H11ClF2N4. The first-order valence-electron chi connectivity index (χ1n) is 5.81. The number of alkyl halides is 2. The van der Waals surface area contributed by atoms with E-state index in [1.54, 1.807) is 16.6 Å². The SMILES string of the molecule is FC1(F)CCC(c2nnc3ccc(Cl)nn23)CC1. The van der Waals surface area contributed by atoms with Crippen LogP contribution in [0.15, 0.2) is 12.1 Å². The van der Waals surface area contributed by atoms with E-state index in [1.165, 1.54) is 0 Å². The summed E-state index contributed by atoms with van der Waals surface area (Å²) >= 11 is 5.82. The third kappa shape index (κ3) is 2.05. The van der Waals surface area contributed by atoms with Crippen LogP contribution in [0.2, 0.25) is 5.15 Å². The minimum Gasteiger partial charge on any atom is -0.207 e. The highest BCUT2D eigenvalue weighted by Gasteiger charge is 2.37. The summed E-state index contributed by atoms with van der Waals surface area (Å²) in [6.45, 7) is 0. The summed E-state index contributed by atoms with van der Waals surface area (Å²) in [5.41, 5.74) is 0.590. The number of aromatic nitrogens is 4. The van der Waals surface area contributed by atoms with E-state index >= 15 is 0 Å². The van der Waals surface area contributed by atoms with Gasteiger partial charge in [0.15, 0.2) is 11.5 Å². The van der Waals surface area contributed by atoms with Crippen molar-refractivity contribution < 1.29 is 8.78 Å². The van der Waals surface area contributed by atoms with E-state index < -0.39 is 5.92 Å². The third-order valence-electron chi connectivity index (χ3n) is 3.34. The highest BCUT2D eigenvalue weighted by atomic mass is 35.5. The highest BCUT2D eigenvalue weighted by molar-refractivity contribution is 6.29. The Kier molecular flexibility index (Phi) is 2.69. The molecule has 1 aliphatic rings. The Morgan fingerprint density at radius 3 is 2.67 bits per heavy atom. The molecule has 2 heterocycles. The Labute approximate surface area is 107 Å². The van der Waals surface area contributed by atoms with Crippen molar-refractivity contribution in [2.45, 2.75) is 37.5 Å². The summed E-state index contributed by atoms with van der Waals surface area (Å²) in [5, 5.41) is 12.5. The van der Waals surface area contributed by atoms with Crippen molar-refractivity contribution >= 4 is 17.2 Å². The molecular weight excluding hydrogens is 262 g/mol. The summed E-state index contributed by atoms with van der Waals surface area (Å²) in [7, 11) is 0. The molecule has 1 aliphatic carbocycles. The zero-order valence-electron chi connectivity index (χ0n) is 9.48. The van der Waals surface area contributed by atoms with Gasteiger partial charge in [0.1, 0.15) is 5.15 Å². The number of halogens is 3. The van der Waals surface area contributed by atoms with E-state index in [4.69, 9.17) is 11.6 Å². The van der Waals surface area contributed by atoms with Crippen LogP contribution in [-0.4, -0.2) is 25.7 Å². The Bertz CT molecular complexity index is 573. The lowest BCUT2D eigenvalue weighted by Crippen LogP contribution is -2.24. The molecule has 0 amide bonds. The molecule has 1 fully saturated rings. The van der Waals surface area contributed by atoms with Gasteiger partial charge in [0, 0.05) is 18.8 Å². The van der Waals surface area contributed by atoms with Crippen molar-refractivity contribution in [3.05, 3.63) is 23.1 Å². The first-order chi connectivity index (χ1) is 8.55. The molecule has 96 valence electrons. The van der Waals surface area contributed by atoms with Crippen LogP contribution in [0, 0.1) is 0 Å². The molecule has 0 bridgehead atoms.